The van der Waals surface area contributed by atoms with Gasteiger partial charge in [0.25, 0.3) is 0 Å². The third-order valence-corrected chi connectivity index (χ3v) is 6.60. The predicted octanol–water partition coefficient (Wildman–Crippen LogP) is 2.83. The van der Waals surface area contributed by atoms with Crippen LogP contribution < -0.4 is 11.0 Å². The smallest absolute Gasteiger partial charge is 0.323 e. The van der Waals surface area contributed by atoms with E-state index in [9.17, 15) is 9.59 Å². The molecule has 30 heavy (non-hydrogen) atoms. The minimum Gasteiger partial charge on any atom is -0.325 e. The zero-order valence-corrected chi connectivity index (χ0v) is 17.3. The first kappa shape index (κ1) is 19.0. The highest BCUT2D eigenvalue weighted by molar-refractivity contribution is 7.17. The number of rotatable bonds is 5. The van der Waals surface area contributed by atoms with E-state index in [0.717, 1.165) is 38.2 Å². The van der Waals surface area contributed by atoms with Crippen LogP contribution in [0, 0.1) is 0 Å². The van der Waals surface area contributed by atoms with Crippen LogP contribution in [0.15, 0.2) is 52.6 Å². The molecule has 7 nitrogen and oxygen atoms in total. The Morgan fingerprint density at radius 3 is 2.63 bits per heavy atom. The molecule has 3 heterocycles. The molecule has 1 fully saturated rings. The van der Waals surface area contributed by atoms with Gasteiger partial charge < -0.3 is 15.3 Å². The Hall–Kier alpha value is -2.94. The topological polar surface area (TPSA) is 84.2 Å². The van der Waals surface area contributed by atoms with E-state index in [4.69, 9.17) is 0 Å². The molecule has 3 N–H and O–H groups in total. The minimum absolute atomic E-state index is 0.0375. The average Bonchev–Trinajstić information content (AvgIpc) is 3.31. The molecule has 0 bridgehead atoms. The quantitative estimate of drug-likeness (QED) is 0.463. The number of benzene rings is 2. The number of piperazine rings is 1. The minimum atomic E-state index is -0.248. The van der Waals surface area contributed by atoms with Crippen molar-refractivity contribution < 1.29 is 4.79 Å². The highest BCUT2D eigenvalue weighted by Crippen LogP contribution is 2.27. The highest BCUT2D eigenvalue weighted by atomic mass is 32.1. The molecule has 8 heteroatoms. The van der Waals surface area contributed by atoms with Gasteiger partial charge in [-0.25, -0.2) is 4.79 Å². The van der Waals surface area contributed by atoms with Crippen molar-refractivity contribution in [2.45, 2.75) is 6.54 Å². The van der Waals surface area contributed by atoms with Crippen LogP contribution in [0.4, 0.5) is 5.69 Å². The van der Waals surface area contributed by atoms with Gasteiger partial charge >= 0.3 is 5.69 Å². The second-order valence-electron chi connectivity index (χ2n) is 7.70. The third-order valence-electron chi connectivity index (χ3n) is 5.59. The molecule has 4 aromatic rings. The molecule has 1 amide bonds. The van der Waals surface area contributed by atoms with Crippen LogP contribution in [0.2, 0.25) is 0 Å². The van der Waals surface area contributed by atoms with Crippen LogP contribution >= 0.6 is 11.3 Å². The number of hydrogen-bond donors (Lipinski definition) is 3. The lowest BCUT2D eigenvalue weighted by Crippen LogP contribution is -2.48. The fourth-order valence-electron chi connectivity index (χ4n) is 4.02. The summed E-state index contributed by atoms with van der Waals surface area (Å²) in [4.78, 5) is 33.9. The second kappa shape index (κ2) is 8.06. The van der Waals surface area contributed by atoms with Gasteiger partial charge in [-0.2, -0.15) is 0 Å². The number of carbonyl (C=O) groups is 1. The zero-order valence-electron chi connectivity index (χ0n) is 16.5. The van der Waals surface area contributed by atoms with Gasteiger partial charge in [-0.1, -0.05) is 18.2 Å². The average molecular weight is 422 g/mol. The first-order valence-electron chi connectivity index (χ1n) is 10.1. The lowest BCUT2D eigenvalue weighted by atomic mass is 10.1. The summed E-state index contributed by atoms with van der Waals surface area (Å²) in [6.07, 6.45) is 0. The number of carbonyl (C=O) groups excluding carboxylic acids is 1. The number of fused-ring (bicyclic) bond motifs is 2. The lowest BCUT2D eigenvalue weighted by Gasteiger charge is -2.34. The number of amides is 1. The standard InChI is InChI=1S/C22H23N5O2S/c28-21(23-16-5-6-18-19(11-16)25-22(29)24-18)13-27-9-7-26(8-10-27)12-15-14-30-20-4-2-1-3-17(15)20/h1-6,11,14H,7-10,12-13H2,(H,23,28)(H2,24,25,29). The Balaban J connectivity index is 1.13. The molecular formula is C22H23N5O2S. The Labute approximate surface area is 177 Å². The van der Waals surface area contributed by atoms with Gasteiger partial charge in [-0.3, -0.25) is 14.6 Å². The summed E-state index contributed by atoms with van der Waals surface area (Å²) in [7, 11) is 0. The molecule has 0 spiro atoms. The number of nitrogens with one attached hydrogen (secondary N) is 3. The molecular weight excluding hydrogens is 398 g/mol. The van der Waals surface area contributed by atoms with Crippen LogP contribution in [0.3, 0.4) is 0 Å². The number of anilines is 1. The van der Waals surface area contributed by atoms with E-state index >= 15 is 0 Å². The first-order valence-corrected chi connectivity index (χ1v) is 10.9. The van der Waals surface area contributed by atoms with Crippen molar-refractivity contribution in [2.75, 3.05) is 38.0 Å². The van der Waals surface area contributed by atoms with Crippen LogP contribution in [-0.2, 0) is 11.3 Å². The molecule has 1 aliphatic heterocycles. The molecule has 0 aliphatic carbocycles. The summed E-state index contributed by atoms with van der Waals surface area (Å²) in [5.41, 5.74) is 3.24. The van der Waals surface area contributed by atoms with Gasteiger partial charge in [0, 0.05) is 43.1 Å². The Morgan fingerprint density at radius 2 is 1.77 bits per heavy atom. The summed E-state index contributed by atoms with van der Waals surface area (Å²) in [5.74, 6) is -0.0375. The number of imidazole rings is 1. The van der Waals surface area contributed by atoms with E-state index < -0.39 is 0 Å². The third kappa shape index (κ3) is 4.02. The molecule has 0 radical (unpaired) electrons. The number of nitrogens with zero attached hydrogens (tertiary/aromatic N) is 2. The molecule has 2 aromatic carbocycles. The summed E-state index contributed by atoms with van der Waals surface area (Å²) < 4.78 is 1.34. The van der Waals surface area contributed by atoms with Gasteiger partial charge in [0.15, 0.2) is 0 Å². The number of H-pyrrole nitrogens is 2. The van der Waals surface area contributed by atoms with E-state index in [-0.39, 0.29) is 11.6 Å². The van der Waals surface area contributed by atoms with E-state index in [2.05, 4.69) is 54.7 Å². The second-order valence-corrected chi connectivity index (χ2v) is 8.61. The van der Waals surface area contributed by atoms with Crippen molar-refractivity contribution in [1.82, 2.24) is 19.8 Å². The largest absolute Gasteiger partial charge is 0.325 e. The molecule has 0 unspecified atom stereocenters. The predicted molar refractivity (Wildman–Crippen MR) is 121 cm³/mol. The van der Waals surface area contributed by atoms with Crippen LogP contribution in [-0.4, -0.2) is 58.4 Å². The first-order chi connectivity index (χ1) is 14.6. The fourth-order valence-corrected chi connectivity index (χ4v) is 4.97. The van der Waals surface area contributed by atoms with Crippen molar-refractivity contribution in [3.63, 3.8) is 0 Å². The zero-order chi connectivity index (χ0) is 20.5. The van der Waals surface area contributed by atoms with E-state index in [1.807, 2.05) is 0 Å². The van der Waals surface area contributed by atoms with Gasteiger partial charge in [-0.05, 0) is 40.6 Å². The Kier molecular flexibility index (Phi) is 5.12. The van der Waals surface area contributed by atoms with Crippen molar-refractivity contribution >= 4 is 44.1 Å². The molecule has 1 saturated heterocycles. The van der Waals surface area contributed by atoms with Gasteiger partial charge in [0.05, 0.1) is 17.6 Å². The van der Waals surface area contributed by atoms with Gasteiger partial charge in [-0.15, -0.1) is 11.3 Å². The van der Waals surface area contributed by atoms with E-state index in [0.29, 0.717) is 17.7 Å². The van der Waals surface area contributed by atoms with Crippen molar-refractivity contribution in [1.29, 1.82) is 0 Å². The maximum Gasteiger partial charge on any atom is 0.323 e. The molecule has 0 atom stereocenters. The summed E-state index contributed by atoms with van der Waals surface area (Å²) >= 11 is 1.80. The fraction of sp³-hybridized carbons (Fsp3) is 0.273. The molecule has 2 aromatic heterocycles. The number of hydrogen-bond acceptors (Lipinski definition) is 5. The van der Waals surface area contributed by atoms with Crippen LogP contribution in [0.5, 0.6) is 0 Å². The summed E-state index contributed by atoms with van der Waals surface area (Å²) in [6, 6.07) is 13.9. The van der Waals surface area contributed by atoms with Crippen molar-refractivity contribution in [2.24, 2.45) is 0 Å². The van der Waals surface area contributed by atoms with Crippen LogP contribution in [0.25, 0.3) is 21.1 Å². The van der Waals surface area contributed by atoms with Crippen molar-refractivity contribution in [3.05, 3.63) is 63.9 Å². The van der Waals surface area contributed by atoms with Crippen LogP contribution in [0.1, 0.15) is 5.56 Å². The monoisotopic (exact) mass is 421 g/mol. The number of aromatic nitrogens is 2. The molecule has 154 valence electrons. The molecule has 0 saturated carbocycles. The van der Waals surface area contributed by atoms with Gasteiger partial charge in [0.2, 0.25) is 5.91 Å². The maximum absolute atomic E-state index is 12.5. The van der Waals surface area contributed by atoms with E-state index in [1.54, 1.807) is 29.5 Å². The Morgan fingerprint density at radius 1 is 1.00 bits per heavy atom. The normalized spacial score (nSPS) is 15.7. The van der Waals surface area contributed by atoms with Crippen molar-refractivity contribution in [3.8, 4) is 0 Å². The SMILES string of the molecule is O=C(CN1CCN(Cc2csc3ccccc23)CC1)Nc1ccc2[nH]c(=O)[nH]c2c1. The highest BCUT2D eigenvalue weighted by Gasteiger charge is 2.20. The number of thiophene rings is 1. The summed E-state index contributed by atoms with van der Waals surface area (Å²) in [5, 5.41) is 6.54. The maximum atomic E-state index is 12.5. The lowest BCUT2D eigenvalue weighted by molar-refractivity contribution is -0.117. The Bertz CT molecular complexity index is 1250. The van der Waals surface area contributed by atoms with Gasteiger partial charge in [0.1, 0.15) is 0 Å². The summed E-state index contributed by atoms with van der Waals surface area (Å²) in [6.45, 7) is 4.98. The van der Waals surface area contributed by atoms with E-state index in [1.165, 1.54) is 15.6 Å². The molecule has 5 rings (SSSR count). The molecule has 1 aliphatic rings. The number of aromatic amines is 2.